The Labute approximate surface area is 180 Å². The van der Waals surface area contributed by atoms with Gasteiger partial charge in [-0.15, -0.1) is 0 Å². The molecule has 0 unspecified atom stereocenters. The molecule has 0 atom stereocenters. The SMILES string of the molecule is COc1cc(/C=C(/NC(=O)c2ccccc2)C(=O)O)ccc1OCc1cccc(C)c1. The Bertz CT molecular complexity index is 1110. The van der Waals surface area contributed by atoms with Crippen LogP contribution in [0.2, 0.25) is 0 Å². The van der Waals surface area contributed by atoms with Crippen LogP contribution in [0.5, 0.6) is 11.5 Å². The molecular weight excluding hydrogens is 394 g/mol. The van der Waals surface area contributed by atoms with Crippen LogP contribution in [0, 0.1) is 6.92 Å². The summed E-state index contributed by atoms with van der Waals surface area (Å²) in [5, 5.41) is 11.9. The van der Waals surface area contributed by atoms with E-state index in [0.717, 1.165) is 11.1 Å². The van der Waals surface area contributed by atoms with Crippen LogP contribution in [-0.2, 0) is 11.4 Å². The summed E-state index contributed by atoms with van der Waals surface area (Å²) in [4.78, 5) is 24.0. The molecule has 3 aromatic rings. The summed E-state index contributed by atoms with van der Waals surface area (Å²) in [7, 11) is 1.51. The Kier molecular flexibility index (Phi) is 7.06. The molecule has 0 heterocycles. The molecule has 0 saturated carbocycles. The molecule has 2 N–H and O–H groups in total. The molecule has 0 aliphatic heterocycles. The number of rotatable bonds is 8. The van der Waals surface area contributed by atoms with Gasteiger partial charge in [0, 0.05) is 5.56 Å². The van der Waals surface area contributed by atoms with Gasteiger partial charge in [0.15, 0.2) is 11.5 Å². The van der Waals surface area contributed by atoms with Gasteiger partial charge in [-0.25, -0.2) is 4.79 Å². The normalized spacial score (nSPS) is 11.0. The quantitative estimate of drug-likeness (QED) is 0.530. The van der Waals surface area contributed by atoms with E-state index in [9.17, 15) is 14.7 Å². The summed E-state index contributed by atoms with van der Waals surface area (Å²) >= 11 is 0. The highest BCUT2D eigenvalue weighted by molar-refractivity contribution is 6.02. The first-order valence-corrected chi connectivity index (χ1v) is 9.64. The second kappa shape index (κ2) is 10.1. The van der Waals surface area contributed by atoms with E-state index in [1.54, 1.807) is 48.5 Å². The summed E-state index contributed by atoms with van der Waals surface area (Å²) in [5.41, 5.74) is 2.84. The summed E-state index contributed by atoms with van der Waals surface area (Å²) in [6, 6.07) is 21.5. The van der Waals surface area contributed by atoms with Crippen LogP contribution in [0.25, 0.3) is 6.08 Å². The number of carbonyl (C=O) groups excluding carboxylic acids is 1. The van der Waals surface area contributed by atoms with Crippen LogP contribution in [-0.4, -0.2) is 24.1 Å². The topological polar surface area (TPSA) is 84.9 Å². The van der Waals surface area contributed by atoms with Gasteiger partial charge in [0.1, 0.15) is 12.3 Å². The van der Waals surface area contributed by atoms with Crippen LogP contribution in [0.4, 0.5) is 0 Å². The van der Waals surface area contributed by atoms with Crippen molar-refractivity contribution in [3.63, 3.8) is 0 Å². The Hall–Kier alpha value is -4.06. The lowest BCUT2D eigenvalue weighted by Gasteiger charge is -2.12. The summed E-state index contributed by atoms with van der Waals surface area (Å²) in [6.07, 6.45) is 1.37. The summed E-state index contributed by atoms with van der Waals surface area (Å²) < 4.78 is 11.3. The van der Waals surface area contributed by atoms with E-state index < -0.39 is 11.9 Å². The van der Waals surface area contributed by atoms with Gasteiger partial charge in [0.2, 0.25) is 0 Å². The highest BCUT2D eigenvalue weighted by Crippen LogP contribution is 2.29. The molecule has 6 heteroatoms. The molecule has 6 nitrogen and oxygen atoms in total. The molecule has 0 aromatic heterocycles. The molecule has 0 aliphatic carbocycles. The molecule has 0 fully saturated rings. The van der Waals surface area contributed by atoms with Crippen LogP contribution in [0.1, 0.15) is 27.0 Å². The van der Waals surface area contributed by atoms with Crippen molar-refractivity contribution in [1.82, 2.24) is 5.32 Å². The largest absolute Gasteiger partial charge is 0.493 e. The van der Waals surface area contributed by atoms with E-state index in [2.05, 4.69) is 5.32 Å². The van der Waals surface area contributed by atoms with E-state index in [1.807, 2.05) is 31.2 Å². The third kappa shape index (κ3) is 5.96. The lowest BCUT2D eigenvalue weighted by Crippen LogP contribution is -2.27. The Balaban J connectivity index is 1.78. The average molecular weight is 417 g/mol. The minimum absolute atomic E-state index is 0.246. The van der Waals surface area contributed by atoms with Crippen LogP contribution >= 0.6 is 0 Å². The lowest BCUT2D eigenvalue weighted by molar-refractivity contribution is -0.132. The van der Waals surface area contributed by atoms with Gasteiger partial charge >= 0.3 is 5.97 Å². The van der Waals surface area contributed by atoms with Crippen molar-refractivity contribution in [2.45, 2.75) is 13.5 Å². The first-order valence-electron chi connectivity index (χ1n) is 9.64. The van der Waals surface area contributed by atoms with Gasteiger partial charge in [0.05, 0.1) is 7.11 Å². The van der Waals surface area contributed by atoms with Crippen molar-refractivity contribution >= 4 is 18.0 Å². The van der Waals surface area contributed by atoms with Gasteiger partial charge in [-0.1, -0.05) is 54.1 Å². The Morgan fingerprint density at radius 1 is 0.968 bits per heavy atom. The zero-order valence-electron chi connectivity index (χ0n) is 17.3. The van der Waals surface area contributed by atoms with Crippen LogP contribution in [0.15, 0.2) is 78.5 Å². The predicted molar refractivity (Wildman–Crippen MR) is 118 cm³/mol. The van der Waals surface area contributed by atoms with Crippen LogP contribution < -0.4 is 14.8 Å². The Morgan fingerprint density at radius 2 is 1.74 bits per heavy atom. The first-order chi connectivity index (χ1) is 15.0. The molecule has 0 saturated heterocycles. The van der Waals surface area contributed by atoms with Crippen LogP contribution in [0.3, 0.4) is 0 Å². The maximum Gasteiger partial charge on any atom is 0.352 e. The van der Waals surface area contributed by atoms with Gasteiger partial charge in [-0.2, -0.15) is 0 Å². The molecule has 31 heavy (non-hydrogen) atoms. The highest BCUT2D eigenvalue weighted by Gasteiger charge is 2.14. The number of aliphatic carboxylic acids is 1. The summed E-state index contributed by atoms with van der Waals surface area (Å²) in [6.45, 7) is 2.39. The zero-order valence-corrected chi connectivity index (χ0v) is 17.3. The Morgan fingerprint density at radius 3 is 2.42 bits per heavy atom. The number of aryl methyl sites for hydroxylation is 1. The fraction of sp³-hybridized carbons (Fsp3) is 0.120. The predicted octanol–water partition coefficient (Wildman–Crippen LogP) is 4.44. The molecule has 158 valence electrons. The van der Waals surface area contributed by atoms with Gasteiger partial charge < -0.3 is 19.9 Å². The minimum Gasteiger partial charge on any atom is -0.493 e. The monoisotopic (exact) mass is 417 g/mol. The standard InChI is InChI=1S/C25H23NO5/c1-17-7-6-8-19(13-17)16-31-22-12-11-18(15-23(22)30-2)14-21(25(28)29)26-24(27)20-9-4-3-5-10-20/h3-15H,16H2,1-2H3,(H,26,27)(H,28,29)/b21-14+. The molecule has 0 aliphatic rings. The number of nitrogens with one attached hydrogen (secondary N) is 1. The number of carbonyl (C=O) groups is 2. The number of amides is 1. The van der Waals surface area contributed by atoms with Gasteiger partial charge in [-0.05, 0) is 48.4 Å². The fourth-order valence-corrected chi connectivity index (χ4v) is 2.96. The lowest BCUT2D eigenvalue weighted by atomic mass is 10.1. The average Bonchev–Trinajstić information content (AvgIpc) is 2.78. The van der Waals surface area contributed by atoms with Crippen molar-refractivity contribution in [2.24, 2.45) is 0 Å². The summed E-state index contributed by atoms with van der Waals surface area (Å²) in [5.74, 6) is -0.755. The van der Waals surface area contributed by atoms with Gasteiger partial charge in [0.25, 0.3) is 5.91 Å². The number of hydrogen-bond donors (Lipinski definition) is 2. The number of carboxylic acid groups (broad SMARTS) is 1. The van der Waals surface area contributed by atoms with E-state index in [0.29, 0.717) is 29.2 Å². The van der Waals surface area contributed by atoms with E-state index in [-0.39, 0.29) is 5.70 Å². The van der Waals surface area contributed by atoms with Crippen molar-refractivity contribution in [3.05, 3.63) is 101 Å². The number of carboxylic acids is 1. The second-order valence-corrected chi connectivity index (χ2v) is 6.87. The van der Waals surface area contributed by atoms with E-state index >= 15 is 0 Å². The van der Waals surface area contributed by atoms with Crippen molar-refractivity contribution in [2.75, 3.05) is 7.11 Å². The smallest absolute Gasteiger partial charge is 0.352 e. The molecule has 3 aromatic carbocycles. The van der Waals surface area contributed by atoms with E-state index in [1.165, 1.54) is 13.2 Å². The molecule has 3 rings (SSSR count). The maximum absolute atomic E-state index is 12.3. The van der Waals surface area contributed by atoms with Crippen molar-refractivity contribution in [1.29, 1.82) is 0 Å². The third-order valence-corrected chi connectivity index (χ3v) is 4.49. The van der Waals surface area contributed by atoms with E-state index in [4.69, 9.17) is 9.47 Å². The highest BCUT2D eigenvalue weighted by atomic mass is 16.5. The minimum atomic E-state index is -1.25. The number of ether oxygens (including phenoxy) is 2. The fourth-order valence-electron chi connectivity index (χ4n) is 2.96. The third-order valence-electron chi connectivity index (χ3n) is 4.49. The second-order valence-electron chi connectivity index (χ2n) is 6.87. The molecule has 0 radical (unpaired) electrons. The first kappa shape index (κ1) is 21.6. The maximum atomic E-state index is 12.3. The molecule has 0 spiro atoms. The number of hydrogen-bond acceptors (Lipinski definition) is 4. The molecule has 1 amide bonds. The number of benzene rings is 3. The van der Waals surface area contributed by atoms with Gasteiger partial charge in [-0.3, -0.25) is 4.79 Å². The van der Waals surface area contributed by atoms with Crippen molar-refractivity contribution < 1.29 is 24.2 Å². The zero-order chi connectivity index (χ0) is 22.2. The number of methoxy groups -OCH3 is 1. The molecular formula is C25H23NO5. The van der Waals surface area contributed by atoms with Crippen molar-refractivity contribution in [3.8, 4) is 11.5 Å². The molecule has 0 bridgehead atoms.